The van der Waals surface area contributed by atoms with Crippen LogP contribution in [0.15, 0.2) is 30.3 Å². The monoisotopic (exact) mass is 254 g/mol. The number of benzene rings is 1. The summed E-state index contributed by atoms with van der Waals surface area (Å²) in [6.45, 7) is 6.80. The summed E-state index contributed by atoms with van der Waals surface area (Å²) in [5, 5.41) is 0. The second-order valence-corrected chi connectivity index (χ2v) is 5.01. The summed E-state index contributed by atoms with van der Waals surface area (Å²) in [4.78, 5) is 2.54. The Morgan fingerprint density at radius 2 is 1.94 bits per heavy atom. The largest absolute Gasteiger partial charge is 0.327 e. The first-order chi connectivity index (χ1) is 7.68. The van der Waals surface area contributed by atoms with Gasteiger partial charge < -0.3 is 5.73 Å². The third-order valence-corrected chi connectivity index (χ3v) is 3.83. The summed E-state index contributed by atoms with van der Waals surface area (Å²) < 4.78 is 0. The summed E-state index contributed by atoms with van der Waals surface area (Å²) in [7, 11) is 0. The molecule has 1 aromatic rings. The van der Waals surface area contributed by atoms with E-state index in [-0.39, 0.29) is 12.4 Å². The Morgan fingerprint density at radius 1 is 1.29 bits per heavy atom. The van der Waals surface area contributed by atoms with Gasteiger partial charge in [-0.15, -0.1) is 12.4 Å². The molecule has 0 aliphatic carbocycles. The normalized spacial score (nSPS) is 27.2. The predicted molar refractivity (Wildman–Crippen MR) is 75.4 cm³/mol. The molecule has 0 aromatic heterocycles. The lowest BCUT2D eigenvalue weighted by molar-refractivity contribution is 0.124. The second kappa shape index (κ2) is 6.39. The zero-order chi connectivity index (χ0) is 11.5. The number of hydrogen-bond donors (Lipinski definition) is 1. The SMILES string of the molecule is CC1CN(C(C)c2ccccc2)CCC1N.Cl. The molecule has 2 rings (SSSR count). The maximum absolute atomic E-state index is 6.05. The van der Waals surface area contributed by atoms with E-state index in [2.05, 4.69) is 49.1 Å². The first-order valence-corrected chi connectivity index (χ1v) is 6.23. The molecule has 3 heteroatoms. The lowest BCUT2D eigenvalue weighted by Crippen LogP contribution is -2.46. The van der Waals surface area contributed by atoms with Crippen LogP contribution in [-0.2, 0) is 0 Å². The highest BCUT2D eigenvalue weighted by Gasteiger charge is 2.26. The molecule has 1 aliphatic heterocycles. The van der Waals surface area contributed by atoms with Gasteiger partial charge in [-0.25, -0.2) is 0 Å². The Labute approximate surface area is 111 Å². The van der Waals surface area contributed by atoms with Crippen LogP contribution in [0.2, 0.25) is 0 Å². The molecule has 3 atom stereocenters. The van der Waals surface area contributed by atoms with Gasteiger partial charge in [0.2, 0.25) is 0 Å². The average Bonchev–Trinajstić information content (AvgIpc) is 2.33. The van der Waals surface area contributed by atoms with E-state index in [0.717, 1.165) is 19.5 Å². The summed E-state index contributed by atoms with van der Waals surface area (Å²) in [6, 6.07) is 11.6. The van der Waals surface area contributed by atoms with Gasteiger partial charge in [0.25, 0.3) is 0 Å². The lowest BCUT2D eigenvalue weighted by Gasteiger charge is -2.38. The maximum atomic E-state index is 6.05. The molecule has 1 saturated heterocycles. The summed E-state index contributed by atoms with van der Waals surface area (Å²) >= 11 is 0. The van der Waals surface area contributed by atoms with E-state index < -0.39 is 0 Å². The highest BCUT2D eigenvalue weighted by Crippen LogP contribution is 2.25. The Balaban J connectivity index is 0.00000144. The molecule has 0 amide bonds. The van der Waals surface area contributed by atoms with E-state index in [4.69, 9.17) is 5.73 Å². The molecule has 1 aliphatic rings. The minimum absolute atomic E-state index is 0. The number of rotatable bonds is 2. The summed E-state index contributed by atoms with van der Waals surface area (Å²) in [5.41, 5.74) is 7.46. The van der Waals surface area contributed by atoms with Crippen molar-refractivity contribution in [3.8, 4) is 0 Å². The predicted octanol–water partition coefficient (Wildman–Crippen LogP) is 2.84. The first-order valence-electron chi connectivity index (χ1n) is 6.23. The fraction of sp³-hybridized carbons (Fsp3) is 0.571. The zero-order valence-electron chi connectivity index (χ0n) is 10.7. The number of piperidine rings is 1. The Morgan fingerprint density at radius 3 is 2.53 bits per heavy atom. The molecule has 1 heterocycles. The van der Waals surface area contributed by atoms with Gasteiger partial charge >= 0.3 is 0 Å². The number of hydrogen-bond acceptors (Lipinski definition) is 2. The van der Waals surface area contributed by atoms with Crippen molar-refractivity contribution < 1.29 is 0 Å². The quantitative estimate of drug-likeness (QED) is 0.880. The van der Waals surface area contributed by atoms with Crippen molar-refractivity contribution in [3.05, 3.63) is 35.9 Å². The molecule has 2 N–H and O–H groups in total. The van der Waals surface area contributed by atoms with E-state index >= 15 is 0 Å². The van der Waals surface area contributed by atoms with Crippen LogP contribution in [0.5, 0.6) is 0 Å². The van der Waals surface area contributed by atoms with Crippen LogP contribution in [0.3, 0.4) is 0 Å². The van der Waals surface area contributed by atoms with Crippen LogP contribution < -0.4 is 5.73 Å². The van der Waals surface area contributed by atoms with Crippen molar-refractivity contribution in [2.75, 3.05) is 13.1 Å². The molecule has 1 aromatic carbocycles. The number of halogens is 1. The van der Waals surface area contributed by atoms with Gasteiger partial charge in [-0.1, -0.05) is 37.3 Å². The minimum atomic E-state index is 0. The second-order valence-electron chi connectivity index (χ2n) is 5.01. The zero-order valence-corrected chi connectivity index (χ0v) is 11.5. The fourth-order valence-electron chi connectivity index (χ4n) is 2.49. The molecule has 2 nitrogen and oxygen atoms in total. The van der Waals surface area contributed by atoms with Gasteiger partial charge in [-0.3, -0.25) is 4.90 Å². The van der Waals surface area contributed by atoms with E-state index in [0.29, 0.717) is 18.0 Å². The van der Waals surface area contributed by atoms with Crippen molar-refractivity contribution >= 4 is 12.4 Å². The van der Waals surface area contributed by atoms with Crippen LogP contribution in [0.25, 0.3) is 0 Å². The molecule has 17 heavy (non-hydrogen) atoms. The summed E-state index contributed by atoms with van der Waals surface area (Å²) in [6.07, 6.45) is 1.12. The van der Waals surface area contributed by atoms with Crippen LogP contribution in [0.4, 0.5) is 0 Å². The molecule has 0 radical (unpaired) electrons. The standard InChI is InChI=1S/C14H22N2.ClH/c1-11-10-16(9-8-14(11)15)12(2)13-6-4-3-5-7-13;/h3-7,11-12,14H,8-10,15H2,1-2H3;1H. The van der Waals surface area contributed by atoms with Crippen molar-refractivity contribution in [2.24, 2.45) is 11.7 Å². The number of likely N-dealkylation sites (tertiary alicyclic amines) is 1. The summed E-state index contributed by atoms with van der Waals surface area (Å²) in [5.74, 6) is 0.611. The molecule has 0 bridgehead atoms. The third-order valence-electron chi connectivity index (χ3n) is 3.83. The Bertz CT molecular complexity index is 328. The van der Waals surface area contributed by atoms with Crippen molar-refractivity contribution in [1.82, 2.24) is 4.90 Å². The van der Waals surface area contributed by atoms with Gasteiger partial charge in [0.1, 0.15) is 0 Å². The molecule has 0 spiro atoms. The van der Waals surface area contributed by atoms with Crippen LogP contribution in [-0.4, -0.2) is 24.0 Å². The number of nitrogens with two attached hydrogens (primary N) is 1. The molecule has 96 valence electrons. The van der Waals surface area contributed by atoms with Gasteiger partial charge in [-0.05, 0) is 24.8 Å². The van der Waals surface area contributed by atoms with Gasteiger partial charge in [-0.2, -0.15) is 0 Å². The van der Waals surface area contributed by atoms with E-state index in [1.165, 1.54) is 5.56 Å². The highest BCUT2D eigenvalue weighted by molar-refractivity contribution is 5.85. The van der Waals surface area contributed by atoms with Gasteiger partial charge in [0.05, 0.1) is 0 Å². The lowest BCUT2D eigenvalue weighted by atomic mass is 9.93. The molecular weight excluding hydrogens is 232 g/mol. The van der Waals surface area contributed by atoms with Crippen LogP contribution >= 0.6 is 12.4 Å². The van der Waals surface area contributed by atoms with E-state index in [1.54, 1.807) is 0 Å². The molecular formula is C14H23ClN2. The minimum Gasteiger partial charge on any atom is -0.327 e. The molecule has 3 unspecified atom stereocenters. The van der Waals surface area contributed by atoms with Crippen molar-refractivity contribution in [3.63, 3.8) is 0 Å². The van der Waals surface area contributed by atoms with E-state index in [1.807, 2.05) is 0 Å². The first kappa shape index (κ1) is 14.5. The van der Waals surface area contributed by atoms with Gasteiger partial charge in [0.15, 0.2) is 0 Å². The Kier molecular flexibility index (Phi) is 5.44. The number of nitrogens with zero attached hydrogens (tertiary/aromatic N) is 1. The topological polar surface area (TPSA) is 29.3 Å². The van der Waals surface area contributed by atoms with Crippen LogP contribution in [0, 0.1) is 5.92 Å². The van der Waals surface area contributed by atoms with Crippen molar-refractivity contribution in [1.29, 1.82) is 0 Å². The van der Waals surface area contributed by atoms with Crippen molar-refractivity contribution in [2.45, 2.75) is 32.4 Å². The molecule has 1 fully saturated rings. The average molecular weight is 255 g/mol. The Hall–Kier alpha value is -0.570. The highest BCUT2D eigenvalue weighted by atomic mass is 35.5. The molecule has 0 saturated carbocycles. The van der Waals surface area contributed by atoms with E-state index in [9.17, 15) is 0 Å². The third kappa shape index (κ3) is 3.44. The fourth-order valence-corrected chi connectivity index (χ4v) is 2.49. The van der Waals surface area contributed by atoms with Crippen LogP contribution in [0.1, 0.15) is 31.9 Å². The maximum Gasteiger partial charge on any atom is 0.0320 e. The van der Waals surface area contributed by atoms with Gasteiger partial charge in [0, 0.05) is 25.2 Å². The smallest absolute Gasteiger partial charge is 0.0320 e.